The van der Waals surface area contributed by atoms with Gasteiger partial charge < -0.3 is 10.1 Å². The number of hydrogen-bond donors (Lipinski definition) is 1. The fourth-order valence-corrected chi connectivity index (χ4v) is 5.47. The Morgan fingerprint density at radius 1 is 1.13 bits per heavy atom. The SMILES string of the molecule is CCO[C@H](CNC(=O)c1ccc(S(=O)(=O)N2CCCC[C@@H]2C)cc1)c1ccccc1. The highest BCUT2D eigenvalue weighted by Crippen LogP contribution is 2.25. The van der Waals surface area contributed by atoms with Crippen LogP contribution in [0.4, 0.5) is 0 Å². The molecule has 1 heterocycles. The number of nitrogens with one attached hydrogen (secondary N) is 1. The van der Waals surface area contributed by atoms with Crippen LogP contribution in [0.5, 0.6) is 0 Å². The van der Waals surface area contributed by atoms with Crippen molar-refractivity contribution in [3.63, 3.8) is 0 Å². The monoisotopic (exact) mass is 430 g/mol. The summed E-state index contributed by atoms with van der Waals surface area (Å²) in [4.78, 5) is 12.8. The molecule has 1 N–H and O–H groups in total. The third kappa shape index (κ3) is 5.28. The molecule has 0 aromatic heterocycles. The molecule has 0 spiro atoms. The summed E-state index contributed by atoms with van der Waals surface area (Å²) in [6.45, 7) is 5.28. The Balaban J connectivity index is 1.66. The number of amides is 1. The van der Waals surface area contributed by atoms with Gasteiger partial charge in [-0.1, -0.05) is 36.8 Å². The predicted molar refractivity (Wildman–Crippen MR) is 117 cm³/mol. The molecule has 0 aliphatic carbocycles. The number of nitrogens with zero attached hydrogens (tertiary/aromatic N) is 1. The smallest absolute Gasteiger partial charge is 0.251 e. The minimum absolute atomic E-state index is 0.000195. The van der Waals surface area contributed by atoms with Gasteiger partial charge in [0.05, 0.1) is 11.0 Å². The largest absolute Gasteiger partial charge is 0.372 e. The summed E-state index contributed by atoms with van der Waals surface area (Å²) < 4.78 is 33.2. The second kappa shape index (κ2) is 10.2. The van der Waals surface area contributed by atoms with Crippen molar-refractivity contribution in [3.05, 3.63) is 65.7 Å². The molecule has 1 saturated heterocycles. The summed E-state index contributed by atoms with van der Waals surface area (Å²) in [5, 5.41) is 2.89. The molecule has 1 fully saturated rings. The molecule has 1 aliphatic heterocycles. The second-order valence-corrected chi connectivity index (χ2v) is 9.44. The van der Waals surface area contributed by atoms with Gasteiger partial charge in [-0.2, -0.15) is 4.31 Å². The van der Waals surface area contributed by atoms with E-state index in [9.17, 15) is 13.2 Å². The Hall–Kier alpha value is -2.22. The lowest BCUT2D eigenvalue weighted by Crippen LogP contribution is -2.41. The molecule has 1 amide bonds. The quantitative estimate of drug-likeness (QED) is 0.692. The Kier molecular flexibility index (Phi) is 7.64. The zero-order valence-electron chi connectivity index (χ0n) is 17.6. The van der Waals surface area contributed by atoms with Crippen LogP contribution in [0.25, 0.3) is 0 Å². The van der Waals surface area contributed by atoms with E-state index in [-0.39, 0.29) is 22.9 Å². The number of sulfonamides is 1. The zero-order valence-corrected chi connectivity index (χ0v) is 18.4. The van der Waals surface area contributed by atoms with Crippen LogP contribution in [0.2, 0.25) is 0 Å². The molecule has 162 valence electrons. The highest BCUT2D eigenvalue weighted by Gasteiger charge is 2.30. The molecule has 7 heteroatoms. The van der Waals surface area contributed by atoms with Crippen molar-refractivity contribution in [2.75, 3.05) is 19.7 Å². The molecule has 6 nitrogen and oxygen atoms in total. The van der Waals surface area contributed by atoms with Crippen LogP contribution in [0, 0.1) is 0 Å². The van der Waals surface area contributed by atoms with Gasteiger partial charge in [0, 0.05) is 31.3 Å². The van der Waals surface area contributed by atoms with E-state index in [1.807, 2.05) is 44.2 Å². The molecule has 2 aromatic carbocycles. The van der Waals surface area contributed by atoms with Crippen molar-refractivity contribution in [1.82, 2.24) is 9.62 Å². The van der Waals surface area contributed by atoms with Gasteiger partial charge in [0.15, 0.2) is 0 Å². The number of piperidine rings is 1. The fraction of sp³-hybridized carbons (Fsp3) is 0.435. The molecule has 0 bridgehead atoms. The molecule has 2 atom stereocenters. The van der Waals surface area contributed by atoms with Crippen LogP contribution in [0.1, 0.15) is 55.1 Å². The molecule has 0 saturated carbocycles. The lowest BCUT2D eigenvalue weighted by molar-refractivity contribution is 0.0586. The Labute approximate surface area is 179 Å². The topological polar surface area (TPSA) is 75.7 Å². The molecule has 1 aliphatic rings. The summed E-state index contributed by atoms with van der Waals surface area (Å²) in [5.74, 6) is -0.258. The zero-order chi connectivity index (χ0) is 21.6. The first-order valence-electron chi connectivity index (χ1n) is 10.5. The molecule has 0 unspecified atom stereocenters. The molecule has 3 rings (SSSR count). The summed E-state index contributed by atoms with van der Waals surface area (Å²) in [6.07, 6.45) is 2.58. The van der Waals surface area contributed by atoms with Crippen molar-refractivity contribution in [3.8, 4) is 0 Å². The second-order valence-electron chi connectivity index (χ2n) is 7.55. The first-order valence-corrected chi connectivity index (χ1v) is 11.9. The third-order valence-electron chi connectivity index (χ3n) is 5.45. The normalized spacial score (nSPS) is 18.7. The van der Waals surface area contributed by atoms with E-state index in [1.54, 1.807) is 16.4 Å². The summed E-state index contributed by atoms with van der Waals surface area (Å²) >= 11 is 0. The molecule has 30 heavy (non-hydrogen) atoms. The minimum atomic E-state index is -3.54. The van der Waals surface area contributed by atoms with Gasteiger partial charge in [-0.25, -0.2) is 8.42 Å². The average Bonchev–Trinajstić information content (AvgIpc) is 2.77. The highest BCUT2D eigenvalue weighted by atomic mass is 32.2. The summed E-state index contributed by atoms with van der Waals surface area (Å²) in [7, 11) is -3.54. The van der Waals surface area contributed by atoms with Gasteiger partial charge in [0.1, 0.15) is 0 Å². The van der Waals surface area contributed by atoms with E-state index in [2.05, 4.69) is 5.32 Å². The maximum Gasteiger partial charge on any atom is 0.251 e. The van der Waals surface area contributed by atoms with Crippen LogP contribution in [-0.2, 0) is 14.8 Å². The van der Waals surface area contributed by atoms with Gasteiger partial charge in [-0.05, 0) is 56.5 Å². The van der Waals surface area contributed by atoms with Crippen LogP contribution in [-0.4, -0.2) is 44.4 Å². The van der Waals surface area contributed by atoms with Crippen molar-refractivity contribution in [2.24, 2.45) is 0 Å². The number of rotatable bonds is 8. The van der Waals surface area contributed by atoms with Crippen molar-refractivity contribution in [2.45, 2.75) is 50.2 Å². The molecule has 2 aromatic rings. The minimum Gasteiger partial charge on any atom is -0.372 e. The highest BCUT2D eigenvalue weighted by molar-refractivity contribution is 7.89. The fourth-order valence-electron chi connectivity index (χ4n) is 3.77. The standard InChI is InChI=1S/C23H30N2O4S/c1-3-29-22(19-10-5-4-6-11-19)17-24-23(26)20-12-14-21(15-13-20)30(27,28)25-16-8-7-9-18(25)2/h4-6,10-15,18,22H,3,7-9,16-17H2,1-2H3,(H,24,26)/t18-,22+/m0/s1. The third-order valence-corrected chi connectivity index (χ3v) is 7.48. The van der Waals surface area contributed by atoms with Crippen LogP contribution >= 0.6 is 0 Å². The van der Waals surface area contributed by atoms with E-state index in [0.29, 0.717) is 25.3 Å². The lowest BCUT2D eigenvalue weighted by atomic mass is 10.1. The number of carbonyl (C=O) groups excluding carboxylic acids is 1. The van der Waals surface area contributed by atoms with Gasteiger partial charge >= 0.3 is 0 Å². The summed E-state index contributed by atoms with van der Waals surface area (Å²) in [6, 6.07) is 15.9. The Bertz CT molecular complexity index is 929. The van der Waals surface area contributed by atoms with Crippen LogP contribution in [0.15, 0.2) is 59.5 Å². The maximum atomic E-state index is 12.9. The van der Waals surface area contributed by atoms with E-state index in [0.717, 1.165) is 24.8 Å². The summed E-state index contributed by atoms with van der Waals surface area (Å²) in [5.41, 5.74) is 1.42. The van der Waals surface area contributed by atoms with Crippen molar-refractivity contribution >= 4 is 15.9 Å². The van der Waals surface area contributed by atoms with Crippen molar-refractivity contribution < 1.29 is 17.9 Å². The van der Waals surface area contributed by atoms with E-state index in [1.165, 1.54) is 12.1 Å². The number of benzene rings is 2. The first-order chi connectivity index (χ1) is 14.4. The van der Waals surface area contributed by atoms with Gasteiger partial charge in [0.2, 0.25) is 10.0 Å². The van der Waals surface area contributed by atoms with E-state index in [4.69, 9.17) is 4.74 Å². The maximum absolute atomic E-state index is 12.9. The van der Waals surface area contributed by atoms with Gasteiger partial charge in [-0.3, -0.25) is 4.79 Å². The van der Waals surface area contributed by atoms with Gasteiger partial charge in [-0.15, -0.1) is 0 Å². The van der Waals surface area contributed by atoms with Crippen LogP contribution in [0.3, 0.4) is 0 Å². The lowest BCUT2D eigenvalue weighted by Gasteiger charge is -2.32. The van der Waals surface area contributed by atoms with Gasteiger partial charge in [0.25, 0.3) is 5.91 Å². The number of hydrogen-bond acceptors (Lipinski definition) is 4. The van der Waals surface area contributed by atoms with E-state index < -0.39 is 10.0 Å². The average molecular weight is 431 g/mol. The van der Waals surface area contributed by atoms with E-state index >= 15 is 0 Å². The van der Waals surface area contributed by atoms with Crippen molar-refractivity contribution in [1.29, 1.82) is 0 Å². The Morgan fingerprint density at radius 2 is 1.83 bits per heavy atom. The number of carbonyl (C=O) groups is 1. The molecular weight excluding hydrogens is 400 g/mol. The molecular formula is C23H30N2O4S. The van der Waals surface area contributed by atoms with Crippen LogP contribution < -0.4 is 5.32 Å². The number of ether oxygens (including phenoxy) is 1. The first kappa shape index (κ1) is 22.5. The molecule has 0 radical (unpaired) electrons. The Morgan fingerprint density at radius 3 is 2.47 bits per heavy atom. The predicted octanol–water partition coefficient (Wildman–Crippen LogP) is 3.76.